The van der Waals surface area contributed by atoms with Gasteiger partial charge in [-0.25, -0.2) is 5.43 Å². The normalized spacial score (nSPS) is 12.4. The van der Waals surface area contributed by atoms with E-state index in [2.05, 4.69) is 5.43 Å². The van der Waals surface area contributed by atoms with Crippen LogP contribution in [0.25, 0.3) is 0 Å². The third-order valence-electron chi connectivity index (χ3n) is 2.55. The standard InChI is InChI=1S/C13H15ClN2OS/c1-2-17-10-5-3-4-9(8-10)13(16-15)11-6-7-12(14)18-11/h3-8,13,16H,2,15H2,1H3. The molecule has 2 rings (SSSR count). The quantitative estimate of drug-likeness (QED) is 0.653. The molecule has 0 bridgehead atoms. The molecule has 0 aliphatic carbocycles. The SMILES string of the molecule is CCOc1cccc(C(NN)c2ccc(Cl)s2)c1. The molecule has 2 aromatic rings. The molecule has 3 nitrogen and oxygen atoms in total. The van der Waals surface area contributed by atoms with Crippen LogP contribution in [0.4, 0.5) is 0 Å². The van der Waals surface area contributed by atoms with Gasteiger partial charge < -0.3 is 4.74 Å². The number of benzene rings is 1. The number of hydrogen-bond donors (Lipinski definition) is 2. The van der Waals surface area contributed by atoms with E-state index in [1.54, 1.807) is 0 Å². The van der Waals surface area contributed by atoms with Gasteiger partial charge in [-0.3, -0.25) is 5.84 Å². The third-order valence-corrected chi connectivity index (χ3v) is 3.84. The Kier molecular flexibility index (Phi) is 4.60. The lowest BCUT2D eigenvalue weighted by Crippen LogP contribution is -2.28. The zero-order chi connectivity index (χ0) is 13.0. The molecule has 3 N–H and O–H groups in total. The second-order valence-corrected chi connectivity index (χ2v) is 5.49. The molecule has 0 saturated carbocycles. The van der Waals surface area contributed by atoms with Gasteiger partial charge in [0.15, 0.2) is 0 Å². The molecule has 1 unspecified atom stereocenters. The summed E-state index contributed by atoms with van der Waals surface area (Å²) in [4.78, 5) is 1.08. The van der Waals surface area contributed by atoms with Crippen molar-refractivity contribution >= 4 is 22.9 Å². The minimum absolute atomic E-state index is 0.0668. The zero-order valence-corrected chi connectivity index (χ0v) is 11.6. The second-order valence-electron chi connectivity index (χ2n) is 3.75. The van der Waals surface area contributed by atoms with E-state index in [1.807, 2.05) is 43.3 Å². The first-order valence-corrected chi connectivity index (χ1v) is 6.88. The Morgan fingerprint density at radius 3 is 2.83 bits per heavy atom. The van der Waals surface area contributed by atoms with Crippen molar-refractivity contribution in [1.29, 1.82) is 0 Å². The number of ether oxygens (including phenoxy) is 1. The smallest absolute Gasteiger partial charge is 0.119 e. The summed E-state index contributed by atoms with van der Waals surface area (Å²) in [5.41, 5.74) is 3.87. The Bertz CT molecular complexity index is 515. The average Bonchev–Trinajstić information content (AvgIpc) is 2.78. The zero-order valence-electron chi connectivity index (χ0n) is 10.0. The molecule has 1 atom stereocenters. The van der Waals surface area contributed by atoms with Gasteiger partial charge in [0.2, 0.25) is 0 Å². The fraction of sp³-hybridized carbons (Fsp3) is 0.231. The Morgan fingerprint density at radius 1 is 1.39 bits per heavy atom. The maximum Gasteiger partial charge on any atom is 0.119 e. The molecule has 5 heteroatoms. The number of hydrazine groups is 1. The van der Waals surface area contributed by atoms with Gasteiger partial charge in [-0.15, -0.1) is 11.3 Å². The lowest BCUT2D eigenvalue weighted by atomic mass is 10.1. The number of nitrogens with one attached hydrogen (secondary N) is 1. The van der Waals surface area contributed by atoms with Crippen molar-refractivity contribution < 1.29 is 4.74 Å². The number of thiophene rings is 1. The largest absolute Gasteiger partial charge is 0.494 e. The van der Waals surface area contributed by atoms with E-state index in [9.17, 15) is 0 Å². The van der Waals surface area contributed by atoms with E-state index in [0.717, 1.165) is 20.5 Å². The summed E-state index contributed by atoms with van der Waals surface area (Å²) in [6.07, 6.45) is 0. The van der Waals surface area contributed by atoms with E-state index >= 15 is 0 Å². The van der Waals surface area contributed by atoms with Crippen molar-refractivity contribution in [3.8, 4) is 5.75 Å². The van der Waals surface area contributed by atoms with Crippen LogP contribution in [0.1, 0.15) is 23.4 Å². The Balaban J connectivity index is 2.29. The van der Waals surface area contributed by atoms with Gasteiger partial charge in [0.1, 0.15) is 5.75 Å². The van der Waals surface area contributed by atoms with Crippen LogP contribution in [-0.2, 0) is 0 Å². The summed E-state index contributed by atoms with van der Waals surface area (Å²) in [5.74, 6) is 6.49. The molecule has 0 spiro atoms. The molecule has 0 amide bonds. The van der Waals surface area contributed by atoms with Gasteiger partial charge in [0.25, 0.3) is 0 Å². The van der Waals surface area contributed by atoms with Crippen molar-refractivity contribution in [3.05, 3.63) is 51.2 Å². The van der Waals surface area contributed by atoms with Crippen LogP contribution in [0.3, 0.4) is 0 Å². The predicted octanol–water partition coefficient (Wildman–Crippen LogP) is 3.35. The van der Waals surface area contributed by atoms with Crippen LogP contribution < -0.4 is 16.0 Å². The minimum atomic E-state index is -0.0668. The lowest BCUT2D eigenvalue weighted by molar-refractivity contribution is 0.339. The first-order valence-electron chi connectivity index (χ1n) is 5.68. The monoisotopic (exact) mass is 282 g/mol. The van der Waals surface area contributed by atoms with E-state index in [0.29, 0.717) is 6.61 Å². The maximum atomic E-state index is 5.96. The minimum Gasteiger partial charge on any atom is -0.494 e. The number of hydrogen-bond acceptors (Lipinski definition) is 4. The van der Waals surface area contributed by atoms with Crippen LogP contribution in [0.5, 0.6) is 5.75 Å². The third kappa shape index (κ3) is 3.03. The summed E-state index contributed by atoms with van der Waals surface area (Å²) in [6, 6.07) is 11.7. The topological polar surface area (TPSA) is 47.3 Å². The number of rotatable bonds is 5. The van der Waals surface area contributed by atoms with Gasteiger partial charge in [0, 0.05) is 4.88 Å². The van der Waals surface area contributed by atoms with E-state index in [4.69, 9.17) is 22.2 Å². The van der Waals surface area contributed by atoms with Crippen molar-refractivity contribution in [2.75, 3.05) is 6.61 Å². The summed E-state index contributed by atoms with van der Waals surface area (Å²) in [7, 11) is 0. The summed E-state index contributed by atoms with van der Waals surface area (Å²) in [5, 5.41) is 0. The first-order chi connectivity index (χ1) is 8.74. The highest BCUT2D eigenvalue weighted by Crippen LogP contribution is 2.31. The van der Waals surface area contributed by atoms with Crippen LogP contribution in [0, 0.1) is 0 Å². The second kappa shape index (κ2) is 6.20. The fourth-order valence-corrected chi connectivity index (χ4v) is 2.93. The van der Waals surface area contributed by atoms with Crippen LogP contribution in [-0.4, -0.2) is 6.61 Å². The molecule has 0 saturated heterocycles. The van der Waals surface area contributed by atoms with Crippen molar-refractivity contribution in [2.24, 2.45) is 5.84 Å². The van der Waals surface area contributed by atoms with Crippen LogP contribution >= 0.6 is 22.9 Å². The Labute approximate surface area is 116 Å². The lowest BCUT2D eigenvalue weighted by Gasteiger charge is -2.15. The molecule has 96 valence electrons. The Morgan fingerprint density at radius 2 is 2.22 bits per heavy atom. The molecule has 0 fully saturated rings. The maximum absolute atomic E-state index is 5.96. The van der Waals surface area contributed by atoms with E-state index < -0.39 is 0 Å². The highest BCUT2D eigenvalue weighted by atomic mass is 35.5. The molecule has 1 aromatic carbocycles. The molecule has 1 heterocycles. The van der Waals surface area contributed by atoms with E-state index in [-0.39, 0.29) is 6.04 Å². The highest BCUT2D eigenvalue weighted by molar-refractivity contribution is 7.16. The van der Waals surface area contributed by atoms with Crippen LogP contribution in [0.15, 0.2) is 36.4 Å². The summed E-state index contributed by atoms with van der Waals surface area (Å²) in [6.45, 7) is 2.61. The summed E-state index contributed by atoms with van der Waals surface area (Å²) >= 11 is 7.47. The van der Waals surface area contributed by atoms with Gasteiger partial charge in [0.05, 0.1) is 17.0 Å². The molecule has 0 radical (unpaired) electrons. The molecule has 1 aromatic heterocycles. The van der Waals surface area contributed by atoms with Crippen molar-refractivity contribution in [2.45, 2.75) is 13.0 Å². The number of halogens is 1. The van der Waals surface area contributed by atoms with E-state index in [1.165, 1.54) is 11.3 Å². The van der Waals surface area contributed by atoms with Gasteiger partial charge in [-0.2, -0.15) is 0 Å². The molecule has 18 heavy (non-hydrogen) atoms. The van der Waals surface area contributed by atoms with Crippen molar-refractivity contribution in [1.82, 2.24) is 5.43 Å². The van der Waals surface area contributed by atoms with Gasteiger partial charge >= 0.3 is 0 Å². The first kappa shape index (κ1) is 13.4. The molecular weight excluding hydrogens is 268 g/mol. The average molecular weight is 283 g/mol. The van der Waals surface area contributed by atoms with Crippen LogP contribution in [0.2, 0.25) is 4.34 Å². The van der Waals surface area contributed by atoms with Gasteiger partial charge in [-0.1, -0.05) is 23.7 Å². The molecule has 0 aliphatic rings. The predicted molar refractivity (Wildman–Crippen MR) is 76.1 cm³/mol. The Hall–Kier alpha value is -1.07. The molecular formula is C13H15ClN2OS. The summed E-state index contributed by atoms with van der Waals surface area (Å²) < 4.78 is 6.25. The van der Waals surface area contributed by atoms with Crippen molar-refractivity contribution in [3.63, 3.8) is 0 Å². The highest BCUT2D eigenvalue weighted by Gasteiger charge is 2.15. The number of nitrogens with two attached hydrogens (primary N) is 1. The molecule has 0 aliphatic heterocycles. The van der Waals surface area contributed by atoms with Gasteiger partial charge in [-0.05, 0) is 36.8 Å². The fourth-order valence-electron chi connectivity index (χ4n) is 1.78.